The minimum absolute atomic E-state index is 0. The predicted molar refractivity (Wildman–Crippen MR) is 125 cm³/mol. The highest BCUT2D eigenvalue weighted by Crippen LogP contribution is 2.08. The summed E-state index contributed by atoms with van der Waals surface area (Å²) in [6, 6.07) is 9.07. The first-order valence-corrected chi connectivity index (χ1v) is 9.72. The van der Waals surface area contributed by atoms with Crippen molar-refractivity contribution in [3.63, 3.8) is 0 Å². The normalized spacial score (nSPS) is 12.3. The molecule has 1 atom stereocenters. The molecule has 6 heteroatoms. The van der Waals surface area contributed by atoms with Crippen molar-refractivity contribution in [1.82, 2.24) is 20.2 Å². The van der Waals surface area contributed by atoms with Crippen LogP contribution in [0.4, 0.5) is 0 Å². The first kappa shape index (κ1) is 23.5. The van der Waals surface area contributed by atoms with Crippen molar-refractivity contribution < 1.29 is 0 Å². The minimum Gasteiger partial charge on any atom is -0.354 e. The van der Waals surface area contributed by atoms with Crippen LogP contribution < -0.4 is 10.6 Å². The van der Waals surface area contributed by atoms with Gasteiger partial charge in [-0.1, -0.05) is 56.9 Å². The molecular formula is C21H34IN5. The summed E-state index contributed by atoms with van der Waals surface area (Å²) in [6.45, 7) is 6.08. The Kier molecular flexibility index (Phi) is 11.8. The molecular weight excluding hydrogens is 449 g/mol. The SMILES string of the molecule is CCCCCCC(C)NC(=NC)NCc1cccc(Cn2ccnc2)c1.I. The van der Waals surface area contributed by atoms with Gasteiger partial charge in [0.15, 0.2) is 5.96 Å². The molecule has 0 spiro atoms. The Balaban J connectivity index is 0.00000364. The van der Waals surface area contributed by atoms with Crippen molar-refractivity contribution in [2.24, 2.45) is 4.99 Å². The average Bonchev–Trinajstić information content (AvgIpc) is 3.15. The Morgan fingerprint density at radius 2 is 2.04 bits per heavy atom. The molecule has 0 saturated carbocycles. The van der Waals surface area contributed by atoms with Crippen molar-refractivity contribution in [3.05, 3.63) is 54.1 Å². The quantitative estimate of drug-likeness (QED) is 0.225. The van der Waals surface area contributed by atoms with E-state index in [0.717, 1.165) is 19.0 Å². The van der Waals surface area contributed by atoms with E-state index in [9.17, 15) is 0 Å². The van der Waals surface area contributed by atoms with Gasteiger partial charge in [-0.05, 0) is 24.5 Å². The second-order valence-electron chi connectivity index (χ2n) is 6.88. The number of nitrogens with zero attached hydrogens (tertiary/aromatic N) is 3. The number of aromatic nitrogens is 2. The number of rotatable bonds is 10. The zero-order valence-electron chi connectivity index (χ0n) is 16.8. The third-order valence-corrected chi connectivity index (χ3v) is 4.47. The number of hydrogen-bond donors (Lipinski definition) is 2. The maximum Gasteiger partial charge on any atom is 0.191 e. The molecule has 0 saturated heterocycles. The Labute approximate surface area is 181 Å². The third kappa shape index (κ3) is 9.26. The van der Waals surface area contributed by atoms with Gasteiger partial charge in [0.05, 0.1) is 6.33 Å². The van der Waals surface area contributed by atoms with E-state index in [1.54, 1.807) is 0 Å². The zero-order chi connectivity index (χ0) is 18.6. The number of hydrogen-bond acceptors (Lipinski definition) is 2. The predicted octanol–water partition coefficient (Wildman–Crippen LogP) is 4.57. The Bertz CT molecular complexity index is 654. The Morgan fingerprint density at radius 1 is 1.22 bits per heavy atom. The largest absolute Gasteiger partial charge is 0.354 e. The topological polar surface area (TPSA) is 54.2 Å². The number of unbranched alkanes of at least 4 members (excludes halogenated alkanes) is 3. The van der Waals surface area contributed by atoms with Crippen LogP contribution in [0.25, 0.3) is 0 Å². The fraction of sp³-hybridized carbons (Fsp3) is 0.524. The molecule has 0 aliphatic carbocycles. The molecule has 0 amide bonds. The standard InChI is InChI=1S/C21H33N5.HI/c1-4-5-6-7-9-18(2)25-21(22-3)24-15-19-10-8-11-20(14-19)16-26-13-12-23-17-26;/h8,10-14,17-18H,4-7,9,15-16H2,1-3H3,(H2,22,24,25);1H. The van der Waals surface area contributed by atoms with Crippen molar-refractivity contribution in [1.29, 1.82) is 0 Å². The molecule has 0 aliphatic heterocycles. The molecule has 1 aromatic carbocycles. The van der Waals surface area contributed by atoms with Gasteiger partial charge in [0.2, 0.25) is 0 Å². The van der Waals surface area contributed by atoms with E-state index in [4.69, 9.17) is 0 Å². The molecule has 0 radical (unpaired) electrons. The van der Waals surface area contributed by atoms with Crippen molar-refractivity contribution in [2.45, 2.75) is 65.1 Å². The summed E-state index contributed by atoms with van der Waals surface area (Å²) in [6.07, 6.45) is 12.0. The van der Waals surface area contributed by atoms with Crippen LogP contribution >= 0.6 is 24.0 Å². The van der Waals surface area contributed by atoms with Crippen LogP contribution in [-0.2, 0) is 13.1 Å². The molecule has 1 aromatic heterocycles. The van der Waals surface area contributed by atoms with Crippen LogP contribution in [-0.4, -0.2) is 28.6 Å². The Morgan fingerprint density at radius 3 is 2.74 bits per heavy atom. The number of nitrogens with one attached hydrogen (secondary N) is 2. The van der Waals surface area contributed by atoms with Crippen LogP contribution in [0.1, 0.15) is 57.1 Å². The smallest absolute Gasteiger partial charge is 0.191 e. The Hall–Kier alpha value is -1.57. The number of imidazole rings is 1. The second kappa shape index (κ2) is 13.6. The molecule has 2 N–H and O–H groups in total. The fourth-order valence-electron chi connectivity index (χ4n) is 2.99. The number of benzene rings is 1. The minimum atomic E-state index is 0. The summed E-state index contributed by atoms with van der Waals surface area (Å²) in [7, 11) is 1.83. The van der Waals surface area contributed by atoms with Crippen LogP contribution in [0.15, 0.2) is 48.0 Å². The maximum absolute atomic E-state index is 4.35. The lowest BCUT2D eigenvalue weighted by atomic mass is 10.1. The molecule has 150 valence electrons. The summed E-state index contributed by atoms with van der Waals surface area (Å²) in [4.78, 5) is 8.45. The molecule has 2 aromatic rings. The zero-order valence-corrected chi connectivity index (χ0v) is 19.1. The fourth-order valence-corrected chi connectivity index (χ4v) is 2.99. The highest BCUT2D eigenvalue weighted by atomic mass is 127. The van der Waals surface area contributed by atoms with Gasteiger partial charge >= 0.3 is 0 Å². The van der Waals surface area contributed by atoms with Gasteiger partial charge in [-0.3, -0.25) is 4.99 Å². The van der Waals surface area contributed by atoms with Crippen LogP contribution in [0, 0.1) is 0 Å². The van der Waals surface area contributed by atoms with E-state index in [-0.39, 0.29) is 24.0 Å². The lowest BCUT2D eigenvalue weighted by molar-refractivity contribution is 0.537. The van der Waals surface area contributed by atoms with Gasteiger partial charge in [-0.2, -0.15) is 0 Å². The maximum atomic E-state index is 4.35. The molecule has 0 fully saturated rings. The van der Waals surface area contributed by atoms with Gasteiger partial charge in [-0.15, -0.1) is 24.0 Å². The van der Waals surface area contributed by atoms with Gasteiger partial charge in [0, 0.05) is 38.6 Å². The monoisotopic (exact) mass is 483 g/mol. The summed E-state index contributed by atoms with van der Waals surface area (Å²) < 4.78 is 2.08. The van der Waals surface area contributed by atoms with Crippen LogP contribution in [0.5, 0.6) is 0 Å². The lowest BCUT2D eigenvalue weighted by Crippen LogP contribution is -2.41. The highest BCUT2D eigenvalue weighted by molar-refractivity contribution is 14.0. The second-order valence-corrected chi connectivity index (χ2v) is 6.88. The molecule has 0 aliphatic rings. The number of halogens is 1. The van der Waals surface area contributed by atoms with E-state index in [0.29, 0.717) is 6.04 Å². The van der Waals surface area contributed by atoms with E-state index < -0.39 is 0 Å². The lowest BCUT2D eigenvalue weighted by Gasteiger charge is -2.18. The van der Waals surface area contributed by atoms with Crippen molar-refractivity contribution in [2.75, 3.05) is 7.05 Å². The molecule has 5 nitrogen and oxygen atoms in total. The van der Waals surface area contributed by atoms with E-state index >= 15 is 0 Å². The molecule has 1 unspecified atom stereocenters. The number of guanidine groups is 1. The van der Waals surface area contributed by atoms with E-state index in [1.165, 1.54) is 43.2 Å². The molecule has 0 bridgehead atoms. The van der Waals surface area contributed by atoms with Crippen molar-refractivity contribution >= 4 is 29.9 Å². The summed E-state index contributed by atoms with van der Waals surface area (Å²) in [5, 5.41) is 6.92. The molecule has 27 heavy (non-hydrogen) atoms. The highest BCUT2D eigenvalue weighted by Gasteiger charge is 2.05. The summed E-state index contributed by atoms with van der Waals surface area (Å²) >= 11 is 0. The summed E-state index contributed by atoms with van der Waals surface area (Å²) in [5.41, 5.74) is 2.52. The summed E-state index contributed by atoms with van der Waals surface area (Å²) in [5.74, 6) is 0.869. The average molecular weight is 483 g/mol. The first-order chi connectivity index (χ1) is 12.7. The van der Waals surface area contributed by atoms with Crippen LogP contribution in [0.2, 0.25) is 0 Å². The van der Waals surface area contributed by atoms with Gasteiger partial charge in [-0.25, -0.2) is 4.98 Å². The van der Waals surface area contributed by atoms with E-state index in [1.807, 2.05) is 25.8 Å². The van der Waals surface area contributed by atoms with Gasteiger partial charge in [0.25, 0.3) is 0 Å². The third-order valence-electron chi connectivity index (χ3n) is 4.47. The van der Waals surface area contributed by atoms with E-state index in [2.05, 4.69) is 63.3 Å². The van der Waals surface area contributed by atoms with Gasteiger partial charge in [0.1, 0.15) is 0 Å². The van der Waals surface area contributed by atoms with Crippen molar-refractivity contribution in [3.8, 4) is 0 Å². The first-order valence-electron chi connectivity index (χ1n) is 9.72. The van der Waals surface area contributed by atoms with Gasteiger partial charge < -0.3 is 15.2 Å². The molecule has 1 heterocycles. The number of aliphatic imine (C=N–C) groups is 1. The van der Waals surface area contributed by atoms with Crippen LogP contribution in [0.3, 0.4) is 0 Å². The molecule has 2 rings (SSSR count).